The second kappa shape index (κ2) is 9.00. The van der Waals surface area contributed by atoms with Crippen LogP contribution in [-0.4, -0.2) is 30.8 Å². The maximum Gasteiger partial charge on any atom is 0.253 e. The van der Waals surface area contributed by atoms with Gasteiger partial charge in [-0.2, -0.15) is 0 Å². The molecule has 142 valence electrons. The lowest BCUT2D eigenvalue weighted by molar-refractivity contribution is -0.116. The molecule has 3 aromatic carbocycles. The molecule has 0 spiro atoms. The third kappa shape index (κ3) is 4.86. The molecule has 0 saturated heterocycles. The van der Waals surface area contributed by atoms with Crippen LogP contribution in [0, 0.1) is 0 Å². The van der Waals surface area contributed by atoms with Crippen molar-refractivity contribution in [2.24, 2.45) is 0 Å². The van der Waals surface area contributed by atoms with Crippen LogP contribution in [0.4, 0.5) is 5.69 Å². The molecule has 4 heteroatoms. The third-order valence-corrected chi connectivity index (χ3v) is 4.59. The largest absolute Gasteiger partial charge is 0.345 e. The summed E-state index contributed by atoms with van der Waals surface area (Å²) < 4.78 is 0. The first-order valence-corrected chi connectivity index (χ1v) is 9.26. The van der Waals surface area contributed by atoms with Gasteiger partial charge < -0.3 is 10.2 Å². The van der Waals surface area contributed by atoms with Crippen LogP contribution < -0.4 is 5.32 Å². The van der Waals surface area contributed by atoms with Crippen molar-refractivity contribution in [2.45, 2.75) is 12.3 Å². The van der Waals surface area contributed by atoms with Gasteiger partial charge in [-0.15, -0.1) is 0 Å². The second-order valence-corrected chi connectivity index (χ2v) is 6.91. The summed E-state index contributed by atoms with van der Waals surface area (Å²) in [6.45, 7) is 0. The molecular weight excluding hydrogens is 348 g/mol. The standard InChI is InChI=1S/C24H24N2O2/c1-26(2)24(28)20-14-9-15-21(16-20)25-23(27)17-22(18-10-5-3-6-11-18)19-12-7-4-8-13-19/h3-16,22H,17H2,1-2H3,(H,25,27). The number of nitrogens with zero attached hydrogens (tertiary/aromatic N) is 1. The van der Waals surface area contributed by atoms with Gasteiger partial charge in [-0.3, -0.25) is 9.59 Å². The molecule has 0 radical (unpaired) electrons. The smallest absolute Gasteiger partial charge is 0.253 e. The molecule has 0 aliphatic heterocycles. The first kappa shape index (κ1) is 19.4. The normalized spacial score (nSPS) is 10.5. The molecule has 28 heavy (non-hydrogen) atoms. The number of benzene rings is 3. The van der Waals surface area contributed by atoms with Gasteiger partial charge >= 0.3 is 0 Å². The minimum absolute atomic E-state index is 0.0333. The topological polar surface area (TPSA) is 49.4 Å². The summed E-state index contributed by atoms with van der Waals surface area (Å²) in [6.07, 6.45) is 0.319. The maximum atomic E-state index is 12.8. The van der Waals surface area contributed by atoms with Crippen molar-refractivity contribution in [1.29, 1.82) is 0 Å². The summed E-state index contributed by atoms with van der Waals surface area (Å²) in [7, 11) is 3.41. The van der Waals surface area contributed by atoms with Gasteiger partial charge in [-0.05, 0) is 29.3 Å². The van der Waals surface area contributed by atoms with Crippen molar-refractivity contribution in [3.63, 3.8) is 0 Å². The van der Waals surface area contributed by atoms with E-state index in [4.69, 9.17) is 0 Å². The Kier molecular flexibility index (Phi) is 6.22. The molecule has 0 heterocycles. The molecule has 0 unspecified atom stereocenters. The van der Waals surface area contributed by atoms with Crippen molar-refractivity contribution in [3.8, 4) is 0 Å². The molecule has 0 fully saturated rings. The maximum absolute atomic E-state index is 12.8. The van der Waals surface area contributed by atoms with E-state index in [9.17, 15) is 9.59 Å². The number of rotatable bonds is 6. The molecule has 0 aliphatic carbocycles. The zero-order valence-electron chi connectivity index (χ0n) is 16.1. The lowest BCUT2D eigenvalue weighted by atomic mass is 9.88. The third-order valence-electron chi connectivity index (χ3n) is 4.59. The average molecular weight is 372 g/mol. The fourth-order valence-corrected chi connectivity index (χ4v) is 3.18. The molecule has 1 N–H and O–H groups in total. The highest BCUT2D eigenvalue weighted by Gasteiger charge is 2.18. The molecule has 0 aliphatic rings. The summed E-state index contributed by atoms with van der Waals surface area (Å²) in [6, 6.07) is 27.1. The van der Waals surface area contributed by atoms with Crippen molar-refractivity contribution in [3.05, 3.63) is 102 Å². The summed E-state index contributed by atoms with van der Waals surface area (Å²) in [5, 5.41) is 2.94. The Labute approximate surface area is 165 Å². The van der Waals surface area contributed by atoms with Gasteiger partial charge in [-0.1, -0.05) is 66.7 Å². The van der Waals surface area contributed by atoms with Crippen LogP contribution >= 0.6 is 0 Å². The molecule has 3 rings (SSSR count). The second-order valence-electron chi connectivity index (χ2n) is 6.91. The predicted molar refractivity (Wildman–Crippen MR) is 112 cm³/mol. The zero-order valence-corrected chi connectivity index (χ0v) is 16.1. The van der Waals surface area contributed by atoms with Crippen LogP contribution in [0.2, 0.25) is 0 Å². The average Bonchev–Trinajstić information content (AvgIpc) is 2.73. The summed E-state index contributed by atoms with van der Waals surface area (Å²) in [5.74, 6) is -0.219. The Hall–Kier alpha value is -3.40. The highest BCUT2D eigenvalue weighted by molar-refractivity contribution is 5.97. The Morgan fingerprint density at radius 1 is 0.821 bits per heavy atom. The molecule has 0 bridgehead atoms. The molecule has 4 nitrogen and oxygen atoms in total. The van der Waals surface area contributed by atoms with Gasteiger partial charge in [0.15, 0.2) is 0 Å². The fraction of sp³-hybridized carbons (Fsp3) is 0.167. The number of carbonyl (C=O) groups is 2. The lowest BCUT2D eigenvalue weighted by Crippen LogP contribution is -2.22. The van der Waals surface area contributed by atoms with Gasteiger partial charge in [0.1, 0.15) is 0 Å². The van der Waals surface area contributed by atoms with E-state index in [0.717, 1.165) is 11.1 Å². The quantitative estimate of drug-likeness (QED) is 0.690. The van der Waals surface area contributed by atoms with Gasteiger partial charge in [0.05, 0.1) is 0 Å². The Bertz CT molecular complexity index is 898. The van der Waals surface area contributed by atoms with Crippen LogP contribution in [0.1, 0.15) is 33.8 Å². The number of hydrogen-bond acceptors (Lipinski definition) is 2. The van der Waals surface area contributed by atoms with E-state index in [1.165, 1.54) is 4.90 Å². The number of nitrogens with one attached hydrogen (secondary N) is 1. The van der Waals surface area contributed by atoms with Crippen molar-refractivity contribution in [2.75, 3.05) is 19.4 Å². The minimum atomic E-state index is -0.0949. The van der Waals surface area contributed by atoms with E-state index < -0.39 is 0 Å². The SMILES string of the molecule is CN(C)C(=O)c1cccc(NC(=O)CC(c2ccccc2)c2ccccc2)c1. The van der Waals surface area contributed by atoms with Crippen LogP contribution in [0.15, 0.2) is 84.9 Å². The summed E-state index contributed by atoms with van der Waals surface area (Å²) in [5.41, 5.74) is 3.36. The highest BCUT2D eigenvalue weighted by atomic mass is 16.2. The van der Waals surface area contributed by atoms with Crippen molar-refractivity contribution >= 4 is 17.5 Å². The first-order chi connectivity index (χ1) is 13.5. The summed E-state index contributed by atoms with van der Waals surface area (Å²) >= 11 is 0. The number of hydrogen-bond donors (Lipinski definition) is 1. The highest BCUT2D eigenvalue weighted by Crippen LogP contribution is 2.28. The predicted octanol–water partition coefficient (Wildman–Crippen LogP) is 4.55. The fourth-order valence-electron chi connectivity index (χ4n) is 3.18. The zero-order chi connectivity index (χ0) is 19.9. The van der Waals surface area contributed by atoms with Gasteiger partial charge in [0.25, 0.3) is 5.91 Å². The Morgan fingerprint density at radius 3 is 1.93 bits per heavy atom. The van der Waals surface area contributed by atoms with Crippen LogP contribution in [0.5, 0.6) is 0 Å². The van der Waals surface area contributed by atoms with E-state index >= 15 is 0 Å². The van der Waals surface area contributed by atoms with Gasteiger partial charge in [0.2, 0.25) is 5.91 Å². The lowest BCUT2D eigenvalue weighted by Gasteiger charge is -2.18. The molecule has 3 aromatic rings. The Balaban J connectivity index is 1.78. The molecule has 0 aromatic heterocycles. The number of anilines is 1. The summed E-state index contributed by atoms with van der Waals surface area (Å²) in [4.78, 5) is 26.4. The molecule has 0 atom stereocenters. The van der Waals surface area contributed by atoms with Crippen molar-refractivity contribution < 1.29 is 9.59 Å². The van der Waals surface area contributed by atoms with Crippen LogP contribution in [0.3, 0.4) is 0 Å². The van der Waals surface area contributed by atoms with Crippen LogP contribution in [-0.2, 0) is 4.79 Å². The van der Waals surface area contributed by atoms with Gasteiger partial charge in [-0.25, -0.2) is 0 Å². The van der Waals surface area contributed by atoms with Gasteiger partial charge in [0, 0.05) is 37.7 Å². The number of amides is 2. The monoisotopic (exact) mass is 372 g/mol. The van der Waals surface area contributed by atoms with Crippen molar-refractivity contribution in [1.82, 2.24) is 4.90 Å². The van der Waals surface area contributed by atoms with Crippen LogP contribution in [0.25, 0.3) is 0 Å². The molecule has 0 saturated carbocycles. The van der Waals surface area contributed by atoms with E-state index in [-0.39, 0.29) is 17.7 Å². The molecule has 2 amide bonds. The first-order valence-electron chi connectivity index (χ1n) is 9.26. The van der Waals surface area contributed by atoms with E-state index in [0.29, 0.717) is 17.7 Å². The van der Waals surface area contributed by atoms with E-state index in [2.05, 4.69) is 5.32 Å². The van der Waals surface area contributed by atoms with E-state index in [1.54, 1.807) is 38.4 Å². The Morgan fingerprint density at radius 2 is 1.39 bits per heavy atom. The van der Waals surface area contributed by atoms with E-state index in [1.807, 2.05) is 60.7 Å². The molecular formula is C24H24N2O2. The minimum Gasteiger partial charge on any atom is -0.345 e. The number of carbonyl (C=O) groups excluding carboxylic acids is 2.